The van der Waals surface area contributed by atoms with E-state index in [1.807, 2.05) is 50.2 Å². The number of fused-ring (bicyclic) bond motifs is 2. The Balaban J connectivity index is 1.87. The summed E-state index contributed by atoms with van der Waals surface area (Å²) in [7, 11) is 0. The number of benzene rings is 3. The molecule has 0 radical (unpaired) electrons. The molecule has 0 saturated carbocycles. The molecule has 38 heavy (non-hydrogen) atoms. The van der Waals surface area contributed by atoms with Gasteiger partial charge >= 0.3 is 11.9 Å². The lowest BCUT2D eigenvalue weighted by Gasteiger charge is -2.17. The number of aryl methyl sites for hydroxylation is 2. The van der Waals surface area contributed by atoms with E-state index in [4.69, 9.17) is 9.47 Å². The van der Waals surface area contributed by atoms with Crippen molar-refractivity contribution in [1.29, 1.82) is 0 Å². The quantitative estimate of drug-likeness (QED) is 0.108. The van der Waals surface area contributed by atoms with E-state index < -0.39 is 0 Å². The number of unbranched alkanes of at least 4 members (excludes halogenated alkanes) is 10. The van der Waals surface area contributed by atoms with E-state index in [-0.39, 0.29) is 11.9 Å². The van der Waals surface area contributed by atoms with Crippen LogP contribution in [-0.2, 0) is 9.47 Å². The molecule has 0 aliphatic heterocycles. The molecule has 0 unspecified atom stereocenters. The molecular weight excluding hydrogens is 472 g/mol. The highest BCUT2D eigenvalue weighted by atomic mass is 16.5. The third-order valence-electron chi connectivity index (χ3n) is 7.30. The van der Waals surface area contributed by atoms with Gasteiger partial charge in [0.2, 0.25) is 0 Å². The number of esters is 2. The van der Waals surface area contributed by atoms with Gasteiger partial charge in [0.25, 0.3) is 0 Å². The molecule has 4 nitrogen and oxygen atoms in total. The maximum atomic E-state index is 13.5. The average molecular weight is 519 g/mol. The Morgan fingerprint density at radius 3 is 1.29 bits per heavy atom. The van der Waals surface area contributed by atoms with Gasteiger partial charge in [0.15, 0.2) is 0 Å². The zero-order chi connectivity index (χ0) is 27.3. The number of hydrogen-bond donors (Lipinski definition) is 0. The highest BCUT2D eigenvalue weighted by Gasteiger charge is 2.24. The van der Waals surface area contributed by atoms with Crippen LogP contribution in [0.3, 0.4) is 0 Å². The van der Waals surface area contributed by atoms with Crippen molar-refractivity contribution in [2.45, 2.75) is 105 Å². The molecule has 206 valence electrons. The predicted octanol–water partition coefficient (Wildman–Crippen LogP) is 9.64. The highest BCUT2D eigenvalue weighted by molar-refractivity contribution is 6.24. The smallest absolute Gasteiger partial charge is 0.339 e. The lowest BCUT2D eigenvalue weighted by molar-refractivity contribution is 0.0489. The summed E-state index contributed by atoms with van der Waals surface area (Å²) in [6, 6.07) is 11.8. The first-order valence-corrected chi connectivity index (χ1v) is 14.8. The van der Waals surface area contributed by atoms with Crippen LogP contribution in [0.25, 0.3) is 21.5 Å². The zero-order valence-corrected chi connectivity index (χ0v) is 24.0. The minimum absolute atomic E-state index is 0.324. The van der Waals surface area contributed by atoms with E-state index >= 15 is 0 Å². The minimum atomic E-state index is -0.324. The monoisotopic (exact) mass is 518 g/mol. The molecule has 0 saturated heterocycles. The lowest BCUT2D eigenvalue weighted by atomic mass is 9.90. The molecule has 0 bridgehead atoms. The summed E-state index contributed by atoms with van der Waals surface area (Å²) in [4.78, 5) is 26.9. The second-order valence-electron chi connectivity index (χ2n) is 10.7. The van der Waals surface area contributed by atoms with Crippen molar-refractivity contribution < 1.29 is 19.1 Å². The van der Waals surface area contributed by atoms with Crippen LogP contribution in [0.15, 0.2) is 36.4 Å². The van der Waals surface area contributed by atoms with Gasteiger partial charge in [-0.2, -0.15) is 0 Å². The van der Waals surface area contributed by atoms with Gasteiger partial charge in [-0.3, -0.25) is 0 Å². The second kappa shape index (κ2) is 15.5. The van der Waals surface area contributed by atoms with Crippen LogP contribution >= 0.6 is 0 Å². The normalized spacial score (nSPS) is 11.3. The van der Waals surface area contributed by atoms with E-state index in [1.54, 1.807) is 0 Å². The van der Waals surface area contributed by atoms with Gasteiger partial charge in [-0.05, 0) is 48.2 Å². The highest BCUT2D eigenvalue weighted by Crippen LogP contribution is 2.35. The van der Waals surface area contributed by atoms with Crippen LogP contribution in [0.5, 0.6) is 0 Å². The van der Waals surface area contributed by atoms with Crippen LogP contribution in [0, 0.1) is 13.8 Å². The summed E-state index contributed by atoms with van der Waals surface area (Å²) in [5, 5.41) is 2.99. The molecule has 0 atom stereocenters. The molecule has 0 aliphatic rings. The van der Waals surface area contributed by atoms with E-state index in [2.05, 4.69) is 13.8 Å². The van der Waals surface area contributed by atoms with Crippen LogP contribution < -0.4 is 0 Å². The van der Waals surface area contributed by atoms with Gasteiger partial charge in [-0.15, -0.1) is 0 Å². The molecule has 0 aromatic heterocycles. The van der Waals surface area contributed by atoms with E-state index in [1.165, 1.54) is 51.4 Å². The standard InChI is InChI=1S/C34H46O4/c1-5-7-9-11-13-15-21-37-33(35)31-27-19-17-26(4)24-30(27)32(28-20-18-25(3)23-29(28)31)34(36)38-22-16-14-12-10-8-6-2/h17-20,23-24H,5-16,21-22H2,1-4H3. The Morgan fingerprint density at radius 2 is 0.895 bits per heavy atom. The third kappa shape index (κ3) is 8.06. The van der Waals surface area contributed by atoms with Gasteiger partial charge in [-0.1, -0.05) is 126 Å². The summed E-state index contributed by atoms with van der Waals surface area (Å²) in [6.07, 6.45) is 13.6. The van der Waals surface area contributed by atoms with Crippen LogP contribution in [0.2, 0.25) is 0 Å². The molecule has 3 aromatic rings. The minimum Gasteiger partial charge on any atom is -0.462 e. The number of carbonyl (C=O) groups excluding carboxylic acids is 2. The summed E-state index contributed by atoms with van der Waals surface area (Å²) in [5.74, 6) is -0.648. The van der Waals surface area contributed by atoms with Crippen molar-refractivity contribution >= 4 is 33.5 Å². The number of hydrogen-bond acceptors (Lipinski definition) is 4. The molecule has 0 N–H and O–H groups in total. The van der Waals surface area contributed by atoms with Gasteiger partial charge < -0.3 is 9.47 Å². The lowest BCUT2D eigenvalue weighted by Crippen LogP contribution is -2.12. The first kappa shape index (κ1) is 29.7. The zero-order valence-electron chi connectivity index (χ0n) is 24.0. The molecule has 0 aliphatic carbocycles. The second-order valence-corrected chi connectivity index (χ2v) is 10.7. The number of carbonyl (C=O) groups is 2. The molecule has 0 fully saturated rings. The Bertz CT molecular complexity index is 1110. The molecule has 3 aromatic carbocycles. The van der Waals surface area contributed by atoms with E-state index in [0.717, 1.165) is 58.4 Å². The van der Waals surface area contributed by atoms with Crippen LogP contribution in [-0.4, -0.2) is 25.2 Å². The maximum absolute atomic E-state index is 13.5. The van der Waals surface area contributed by atoms with E-state index in [0.29, 0.717) is 24.3 Å². The Labute approximate surface area is 229 Å². The topological polar surface area (TPSA) is 52.6 Å². The average Bonchev–Trinajstić information content (AvgIpc) is 2.90. The van der Waals surface area contributed by atoms with Crippen molar-refractivity contribution in [3.8, 4) is 0 Å². The first-order chi connectivity index (χ1) is 18.5. The predicted molar refractivity (Wildman–Crippen MR) is 158 cm³/mol. The maximum Gasteiger partial charge on any atom is 0.339 e. The van der Waals surface area contributed by atoms with Crippen molar-refractivity contribution in [3.05, 3.63) is 58.7 Å². The van der Waals surface area contributed by atoms with E-state index in [9.17, 15) is 9.59 Å². The fourth-order valence-corrected chi connectivity index (χ4v) is 5.13. The van der Waals surface area contributed by atoms with Crippen molar-refractivity contribution in [2.75, 3.05) is 13.2 Å². The Kier molecular flexibility index (Phi) is 12.1. The van der Waals surface area contributed by atoms with Crippen molar-refractivity contribution in [1.82, 2.24) is 0 Å². The summed E-state index contributed by atoms with van der Waals surface area (Å²) >= 11 is 0. The molecule has 0 amide bonds. The molecule has 0 heterocycles. The number of rotatable bonds is 16. The summed E-state index contributed by atoms with van der Waals surface area (Å²) in [6.45, 7) is 9.24. The van der Waals surface area contributed by atoms with Crippen molar-refractivity contribution in [2.24, 2.45) is 0 Å². The van der Waals surface area contributed by atoms with Gasteiger partial charge in [0.05, 0.1) is 24.3 Å². The fourth-order valence-electron chi connectivity index (χ4n) is 5.13. The van der Waals surface area contributed by atoms with Gasteiger partial charge in [0, 0.05) is 0 Å². The Hall–Kier alpha value is -2.88. The van der Waals surface area contributed by atoms with Gasteiger partial charge in [-0.25, -0.2) is 9.59 Å². The fraction of sp³-hybridized carbons (Fsp3) is 0.529. The molecule has 0 spiro atoms. The molecule has 4 heteroatoms. The summed E-state index contributed by atoms with van der Waals surface area (Å²) < 4.78 is 11.6. The van der Waals surface area contributed by atoms with Gasteiger partial charge in [0.1, 0.15) is 0 Å². The Morgan fingerprint density at radius 1 is 0.526 bits per heavy atom. The SMILES string of the molecule is CCCCCCCCOC(=O)c1c2ccc(C)cc2c(C(=O)OCCCCCCCC)c2ccc(C)cc12. The first-order valence-electron chi connectivity index (χ1n) is 14.8. The number of ether oxygens (including phenoxy) is 2. The largest absolute Gasteiger partial charge is 0.462 e. The summed E-state index contributed by atoms with van der Waals surface area (Å²) in [5.41, 5.74) is 3.13. The van der Waals surface area contributed by atoms with Crippen LogP contribution in [0.4, 0.5) is 0 Å². The van der Waals surface area contributed by atoms with Crippen LogP contribution in [0.1, 0.15) is 123 Å². The molecular formula is C34H46O4. The third-order valence-corrected chi connectivity index (χ3v) is 7.30. The molecule has 3 rings (SSSR count). The van der Waals surface area contributed by atoms with Crippen molar-refractivity contribution in [3.63, 3.8) is 0 Å².